The minimum absolute atomic E-state index is 0.366. The Morgan fingerprint density at radius 2 is 1.57 bits per heavy atom. The quantitative estimate of drug-likeness (QED) is 0.494. The molecule has 0 aromatic heterocycles. The van der Waals surface area contributed by atoms with Crippen LogP contribution in [0.15, 0.2) is 0 Å². The zero-order chi connectivity index (χ0) is 15.4. The van der Waals surface area contributed by atoms with Crippen molar-refractivity contribution in [1.82, 2.24) is 10.6 Å². The van der Waals surface area contributed by atoms with Gasteiger partial charge >= 0.3 is 0 Å². The normalized spacial score (nSPS) is 22.1. The van der Waals surface area contributed by atoms with Gasteiger partial charge in [-0.3, -0.25) is 0 Å². The van der Waals surface area contributed by atoms with E-state index in [1.54, 1.807) is 0 Å². The molecule has 2 N–H and O–H groups in total. The van der Waals surface area contributed by atoms with E-state index in [1.807, 2.05) is 0 Å². The Kier molecular flexibility index (Phi) is 10.4. The van der Waals surface area contributed by atoms with Crippen LogP contribution in [0.3, 0.4) is 0 Å². The first kappa shape index (κ1) is 19.0. The van der Waals surface area contributed by atoms with Crippen molar-refractivity contribution >= 4 is 0 Å². The lowest BCUT2D eigenvalue weighted by atomic mass is 9.86. The van der Waals surface area contributed by atoms with Gasteiger partial charge in [0.15, 0.2) is 0 Å². The molecule has 1 rings (SSSR count). The first-order valence-electron chi connectivity index (χ1n) is 9.68. The lowest BCUT2D eigenvalue weighted by Crippen LogP contribution is -2.53. The van der Waals surface area contributed by atoms with Crippen LogP contribution in [-0.2, 0) is 0 Å². The van der Waals surface area contributed by atoms with E-state index in [-0.39, 0.29) is 0 Å². The van der Waals surface area contributed by atoms with Crippen LogP contribution in [0.5, 0.6) is 0 Å². The van der Waals surface area contributed by atoms with Gasteiger partial charge in [-0.05, 0) is 39.2 Å². The van der Waals surface area contributed by atoms with E-state index in [1.165, 1.54) is 90.1 Å². The molecule has 1 fully saturated rings. The Balaban J connectivity index is 2.35. The summed E-state index contributed by atoms with van der Waals surface area (Å²) in [6.45, 7) is 9.46. The van der Waals surface area contributed by atoms with Gasteiger partial charge in [0.25, 0.3) is 0 Å². The third-order valence-corrected chi connectivity index (χ3v) is 5.01. The molecule has 1 heterocycles. The van der Waals surface area contributed by atoms with Gasteiger partial charge in [-0.2, -0.15) is 0 Å². The average molecular weight is 297 g/mol. The van der Waals surface area contributed by atoms with Gasteiger partial charge in [0.05, 0.1) is 0 Å². The fraction of sp³-hybridized carbons (Fsp3) is 1.00. The third-order valence-electron chi connectivity index (χ3n) is 5.01. The van der Waals surface area contributed by atoms with Crippen molar-refractivity contribution in [1.29, 1.82) is 0 Å². The molecule has 1 unspecified atom stereocenters. The lowest BCUT2D eigenvalue weighted by molar-refractivity contribution is 0.233. The van der Waals surface area contributed by atoms with Crippen molar-refractivity contribution in [3.05, 3.63) is 0 Å². The van der Waals surface area contributed by atoms with Gasteiger partial charge in [-0.25, -0.2) is 0 Å². The van der Waals surface area contributed by atoms with Crippen LogP contribution in [0.1, 0.15) is 97.8 Å². The van der Waals surface area contributed by atoms with Gasteiger partial charge < -0.3 is 10.6 Å². The highest BCUT2D eigenvalue weighted by Gasteiger charge is 2.27. The topological polar surface area (TPSA) is 24.1 Å². The van der Waals surface area contributed by atoms with Gasteiger partial charge in [0.2, 0.25) is 0 Å². The maximum absolute atomic E-state index is 4.02. The number of nitrogens with one attached hydrogen (secondary N) is 2. The predicted octanol–water partition coefficient (Wildman–Crippen LogP) is 5.03. The van der Waals surface area contributed by atoms with Crippen LogP contribution >= 0.6 is 0 Å². The maximum atomic E-state index is 4.02. The summed E-state index contributed by atoms with van der Waals surface area (Å²) >= 11 is 0. The summed E-state index contributed by atoms with van der Waals surface area (Å²) in [4.78, 5) is 0. The molecular formula is C19H40N2. The summed E-state index contributed by atoms with van der Waals surface area (Å²) in [5, 5.41) is 7.57. The van der Waals surface area contributed by atoms with E-state index < -0.39 is 0 Å². The fourth-order valence-corrected chi connectivity index (χ4v) is 3.62. The van der Waals surface area contributed by atoms with E-state index in [4.69, 9.17) is 0 Å². The minimum Gasteiger partial charge on any atom is -0.315 e. The summed E-state index contributed by atoms with van der Waals surface area (Å²) in [7, 11) is 0. The molecule has 0 aliphatic carbocycles. The van der Waals surface area contributed by atoms with Crippen LogP contribution in [0.2, 0.25) is 0 Å². The van der Waals surface area contributed by atoms with E-state index >= 15 is 0 Å². The highest BCUT2D eigenvalue weighted by atomic mass is 15.1. The zero-order valence-electron chi connectivity index (χ0n) is 15.0. The number of rotatable bonds is 12. The van der Waals surface area contributed by atoms with Crippen LogP contribution in [-0.4, -0.2) is 24.7 Å². The molecule has 0 aromatic rings. The highest BCUT2D eigenvalue weighted by Crippen LogP contribution is 2.24. The molecule has 126 valence electrons. The molecule has 0 saturated carbocycles. The smallest absolute Gasteiger partial charge is 0.0198 e. The summed E-state index contributed by atoms with van der Waals surface area (Å²) in [6.07, 6.45) is 16.5. The Labute approximate surface area is 133 Å². The van der Waals surface area contributed by atoms with Crippen LogP contribution < -0.4 is 10.6 Å². The van der Waals surface area contributed by atoms with Crippen molar-refractivity contribution in [3.63, 3.8) is 0 Å². The number of piperidine rings is 1. The number of unbranched alkanes of at least 4 members (excludes halogenated alkanes) is 6. The Hall–Kier alpha value is -0.0800. The van der Waals surface area contributed by atoms with Crippen LogP contribution in [0.4, 0.5) is 0 Å². The molecule has 1 saturated heterocycles. The van der Waals surface area contributed by atoms with E-state index in [2.05, 4.69) is 31.4 Å². The first-order chi connectivity index (χ1) is 10.2. The molecule has 0 amide bonds. The predicted molar refractivity (Wildman–Crippen MR) is 95.0 cm³/mol. The van der Waals surface area contributed by atoms with Gasteiger partial charge in [0.1, 0.15) is 0 Å². The summed E-state index contributed by atoms with van der Waals surface area (Å²) in [5.74, 6) is 0. The second-order valence-corrected chi connectivity index (χ2v) is 7.37. The SMILES string of the molecule is CCCCCCCC(C)(CCCCC)N[C@@H]1CCCNC1. The molecule has 1 aliphatic rings. The van der Waals surface area contributed by atoms with E-state index in [9.17, 15) is 0 Å². The minimum atomic E-state index is 0.366. The highest BCUT2D eigenvalue weighted by molar-refractivity contribution is 4.88. The second kappa shape index (κ2) is 11.5. The van der Waals surface area contributed by atoms with Crippen molar-refractivity contribution in [3.8, 4) is 0 Å². The van der Waals surface area contributed by atoms with Crippen molar-refractivity contribution in [2.45, 2.75) is 109 Å². The molecule has 0 aromatic carbocycles. The summed E-state index contributed by atoms with van der Waals surface area (Å²) in [5.41, 5.74) is 0.366. The van der Waals surface area contributed by atoms with Crippen molar-refractivity contribution in [2.24, 2.45) is 0 Å². The molecule has 21 heavy (non-hydrogen) atoms. The van der Waals surface area contributed by atoms with Crippen LogP contribution in [0.25, 0.3) is 0 Å². The Morgan fingerprint density at radius 1 is 0.952 bits per heavy atom. The van der Waals surface area contributed by atoms with E-state index in [0.717, 1.165) is 0 Å². The largest absolute Gasteiger partial charge is 0.315 e. The monoisotopic (exact) mass is 296 g/mol. The molecule has 2 nitrogen and oxygen atoms in total. The maximum Gasteiger partial charge on any atom is 0.0198 e. The number of hydrogen-bond donors (Lipinski definition) is 2. The molecule has 2 heteroatoms. The molecular weight excluding hydrogens is 256 g/mol. The molecule has 1 aliphatic heterocycles. The Bertz CT molecular complexity index is 236. The van der Waals surface area contributed by atoms with Crippen molar-refractivity contribution < 1.29 is 0 Å². The number of hydrogen-bond acceptors (Lipinski definition) is 2. The van der Waals surface area contributed by atoms with Gasteiger partial charge in [-0.1, -0.05) is 65.2 Å². The van der Waals surface area contributed by atoms with Crippen molar-refractivity contribution in [2.75, 3.05) is 13.1 Å². The first-order valence-corrected chi connectivity index (χ1v) is 9.68. The van der Waals surface area contributed by atoms with E-state index in [0.29, 0.717) is 11.6 Å². The summed E-state index contributed by atoms with van der Waals surface area (Å²) < 4.78 is 0. The third kappa shape index (κ3) is 8.83. The standard InChI is InChI=1S/C19H40N2/c1-4-6-8-9-11-15-19(3,14-10-7-5-2)21-18-13-12-16-20-17-18/h18,20-21H,4-17H2,1-3H3/t18-,19?/m1/s1. The van der Waals surface area contributed by atoms with Gasteiger partial charge in [0, 0.05) is 18.1 Å². The lowest BCUT2D eigenvalue weighted by Gasteiger charge is -2.37. The van der Waals surface area contributed by atoms with Gasteiger partial charge in [-0.15, -0.1) is 0 Å². The average Bonchev–Trinajstić information content (AvgIpc) is 2.48. The molecule has 0 bridgehead atoms. The Morgan fingerprint density at radius 3 is 2.19 bits per heavy atom. The second-order valence-electron chi connectivity index (χ2n) is 7.37. The zero-order valence-corrected chi connectivity index (χ0v) is 15.0. The molecule has 2 atom stereocenters. The fourth-order valence-electron chi connectivity index (χ4n) is 3.62. The van der Waals surface area contributed by atoms with Crippen LogP contribution in [0, 0.1) is 0 Å². The molecule has 0 radical (unpaired) electrons. The summed E-state index contributed by atoms with van der Waals surface area (Å²) in [6, 6.07) is 0.695. The molecule has 0 spiro atoms.